The van der Waals surface area contributed by atoms with Crippen LogP contribution >= 0.6 is 0 Å². The summed E-state index contributed by atoms with van der Waals surface area (Å²) in [7, 11) is 0. The standard InChI is InChI=1S/C22H14N4/c23-13-21(14-24)11-19(17-7-3-1-4-8-17)20(12-22(21,15-25)16-26)18-9-5-2-6-10-18/h1-10H,11-12H2. The highest BCUT2D eigenvalue weighted by atomic mass is 14.6. The van der Waals surface area contributed by atoms with Crippen LogP contribution in [0.4, 0.5) is 0 Å². The quantitative estimate of drug-likeness (QED) is 0.810. The molecule has 1 aliphatic rings. The fourth-order valence-corrected chi connectivity index (χ4v) is 3.47. The number of hydrogen-bond acceptors (Lipinski definition) is 4. The zero-order valence-electron chi connectivity index (χ0n) is 14.0. The molecule has 1 aliphatic carbocycles. The van der Waals surface area contributed by atoms with E-state index in [1.54, 1.807) is 0 Å². The molecular formula is C22H14N4. The third kappa shape index (κ3) is 2.43. The van der Waals surface area contributed by atoms with E-state index in [1.807, 2.05) is 84.9 Å². The van der Waals surface area contributed by atoms with Crippen LogP contribution in [0, 0.1) is 56.2 Å². The third-order valence-corrected chi connectivity index (χ3v) is 4.98. The molecule has 0 saturated carbocycles. The van der Waals surface area contributed by atoms with Crippen LogP contribution in [0.1, 0.15) is 24.0 Å². The molecule has 26 heavy (non-hydrogen) atoms. The lowest BCUT2D eigenvalue weighted by Crippen LogP contribution is -2.41. The Labute approximate surface area is 152 Å². The van der Waals surface area contributed by atoms with E-state index in [9.17, 15) is 21.0 Å². The number of allylic oxidation sites excluding steroid dienone is 2. The Morgan fingerprint density at radius 2 is 0.846 bits per heavy atom. The van der Waals surface area contributed by atoms with Crippen LogP contribution in [-0.2, 0) is 0 Å². The van der Waals surface area contributed by atoms with Gasteiger partial charge in [0.15, 0.2) is 10.8 Å². The maximum atomic E-state index is 9.76. The van der Waals surface area contributed by atoms with Crippen LogP contribution in [0.15, 0.2) is 60.7 Å². The van der Waals surface area contributed by atoms with E-state index < -0.39 is 10.8 Å². The molecule has 0 amide bonds. The van der Waals surface area contributed by atoms with Gasteiger partial charge in [-0.15, -0.1) is 0 Å². The highest BCUT2D eigenvalue weighted by molar-refractivity contribution is 5.93. The summed E-state index contributed by atoms with van der Waals surface area (Å²) in [4.78, 5) is 0. The average molecular weight is 334 g/mol. The van der Waals surface area contributed by atoms with Crippen LogP contribution in [0.5, 0.6) is 0 Å². The molecule has 2 aromatic carbocycles. The summed E-state index contributed by atoms with van der Waals surface area (Å²) in [5.74, 6) is 0. The predicted molar refractivity (Wildman–Crippen MR) is 96.3 cm³/mol. The molecule has 0 N–H and O–H groups in total. The zero-order valence-corrected chi connectivity index (χ0v) is 14.0. The van der Waals surface area contributed by atoms with Crippen molar-refractivity contribution < 1.29 is 0 Å². The molecule has 3 rings (SSSR count). The van der Waals surface area contributed by atoms with E-state index in [1.165, 1.54) is 0 Å². The Bertz CT molecular complexity index is 909. The summed E-state index contributed by atoms with van der Waals surface area (Å²) >= 11 is 0. The second kappa shape index (κ2) is 6.57. The first-order valence-corrected chi connectivity index (χ1v) is 8.13. The molecule has 0 atom stereocenters. The van der Waals surface area contributed by atoms with Crippen molar-refractivity contribution in [2.24, 2.45) is 10.8 Å². The lowest BCUT2D eigenvalue weighted by Gasteiger charge is -2.38. The fourth-order valence-electron chi connectivity index (χ4n) is 3.47. The van der Waals surface area contributed by atoms with Gasteiger partial charge in [-0.25, -0.2) is 0 Å². The van der Waals surface area contributed by atoms with Gasteiger partial charge < -0.3 is 0 Å². The van der Waals surface area contributed by atoms with Gasteiger partial charge in [0, 0.05) is 12.8 Å². The van der Waals surface area contributed by atoms with Gasteiger partial charge in [0.1, 0.15) is 0 Å². The second-order valence-electron chi connectivity index (χ2n) is 6.30. The molecule has 2 aromatic rings. The van der Waals surface area contributed by atoms with Gasteiger partial charge in [-0.3, -0.25) is 0 Å². The summed E-state index contributed by atoms with van der Waals surface area (Å²) in [6, 6.07) is 27.0. The van der Waals surface area contributed by atoms with E-state index >= 15 is 0 Å². The van der Waals surface area contributed by atoms with Crippen LogP contribution in [-0.4, -0.2) is 0 Å². The molecule has 0 saturated heterocycles. The van der Waals surface area contributed by atoms with Crippen molar-refractivity contribution in [1.82, 2.24) is 0 Å². The van der Waals surface area contributed by atoms with Gasteiger partial charge in [-0.2, -0.15) is 21.0 Å². The number of hydrogen-bond donors (Lipinski definition) is 0. The molecule has 0 radical (unpaired) electrons. The summed E-state index contributed by atoms with van der Waals surface area (Å²) < 4.78 is 0. The van der Waals surface area contributed by atoms with E-state index in [0.717, 1.165) is 22.3 Å². The van der Waals surface area contributed by atoms with E-state index in [2.05, 4.69) is 0 Å². The minimum Gasteiger partial charge on any atom is -0.196 e. The van der Waals surface area contributed by atoms with Crippen molar-refractivity contribution in [2.75, 3.05) is 0 Å². The van der Waals surface area contributed by atoms with Crippen molar-refractivity contribution in [2.45, 2.75) is 12.8 Å². The van der Waals surface area contributed by atoms with Gasteiger partial charge >= 0.3 is 0 Å². The number of benzene rings is 2. The van der Waals surface area contributed by atoms with Gasteiger partial charge in [0.2, 0.25) is 0 Å². The largest absolute Gasteiger partial charge is 0.196 e. The topological polar surface area (TPSA) is 95.2 Å². The molecule has 0 heterocycles. The van der Waals surface area contributed by atoms with Gasteiger partial charge in [-0.1, -0.05) is 60.7 Å². The molecule has 0 unspecified atom stereocenters. The number of nitriles is 4. The average Bonchev–Trinajstić information content (AvgIpc) is 2.74. The lowest BCUT2D eigenvalue weighted by atomic mass is 9.56. The molecule has 122 valence electrons. The molecular weight excluding hydrogens is 320 g/mol. The van der Waals surface area contributed by atoms with E-state index in [-0.39, 0.29) is 12.8 Å². The maximum Gasteiger partial charge on any atom is 0.179 e. The van der Waals surface area contributed by atoms with Crippen molar-refractivity contribution in [3.05, 3.63) is 71.8 Å². The van der Waals surface area contributed by atoms with E-state index in [0.29, 0.717) is 0 Å². The Morgan fingerprint density at radius 3 is 1.12 bits per heavy atom. The zero-order chi connectivity index (χ0) is 18.6. The molecule has 0 fully saturated rings. The summed E-state index contributed by atoms with van der Waals surface area (Å²) in [5, 5.41) is 39.1. The maximum absolute atomic E-state index is 9.76. The number of rotatable bonds is 2. The Balaban J connectivity index is 2.34. The monoisotopic (exact) mass is 334 g/mol. The van der Waals surface area contributed by atoms with Crippen LogP contribution < -0.4 is 0 Å². The van der Waals surface area contributed by atoms with Gasteiger partial charge in [-0.05, 0) is 22.3 Å². The Morgan fingerprint density at radius 1 is 0.538 bits per heavy atom. The van der Waals surface area contributed by atoms with Crippen molar-refractivity contribution in [3.63, 3.8) is 0 Å². The first kappa shape index (κ1) is 17.0. The molecule has 4 heteroatoms. The van der Waals surface area contributed by atoms with Crippen LogP contribution in [0.25, 0.3) is 11.1 Å². The molecule has 4 nitrogen and oxygen atoms in total. The Hall–Kier alpha value is -3.86. The lowest BCUT2D eigenvalue weighted by molar-refractivity contribution is 0.301. The first-order valence-electron chi connectivity index (χ1n) is 8.13. The van der Waals surface area contributed by atoms with Crippen molar-refractivity contribution in [1.29, 1.82) is 21.0 Å². The normalized spacial score (nSPS) is 17.2. The predicted octanol–water partition coefficient (Wildman–Crippen LogP) is 4.46. The highest BCUT2D eigenvalue weighted by Crippen LogP contribution is 2.56. The molecule has 0 aromatic heterocycles. The molecule has 0 spiro atoms. The van der Waals surface area contributed by atoms with Crippen LogP contribution in [0.3, 0.4) is 0 Å². The third-order valence-electron chi connectivity index (χ3n) is 4.98. The second-order valence-corrected chi connectivity index (χ2v) is 6.30. The van der Waals surface area contributed by atoms with E-state index in [4.69, 9.17) is 0 Å². The number of nitrogens with zero attached hydrogens (tertiary/aromatic N) is 4. The fraction of sp³-hybridized carbons (Fsp3) is 0.182. The van der Waals surface area contributed by atoms with Crippen molar-refractivity contribution >= 4 is 11.1 Å². The summed E-state index contributed by atoms with van der Waals surface area (Å²) in [6.07, 6.45) is 0.0741. The molecule has 0 aliphatic heterocycles. The van der Waals surface area contributed by atoms with Crippen molar-refractivity contribution in [3.8, 4) is 24.3 Å². The SMILES string of the molecule is N#CC1(C#N)CC(c2ccccc2)=C(c2ccccc2)CC1(C#N)C#N. The summed E-state index contributed by atoms with van der Waals surface area (Å²) in [5.41, 5.74) is 0.0402. The minimum absolute atomic E-state index is 0.0371. The first-order chi connectivity index (χ1) is 12.6. The van der Waals surface area contributed by atoms with Crippen LogP contribution in [0.2, 0.25) is 0 Å². The smallest absolute Gasteiger partial charge is 0.179 e. The van der Waals surface area contributed by atoms with Gasteiger partial charge in [0.05, 0.1) is 24.3 Å². The molecule has 0 bridgehead atoms. The highest BCUT2D eigenvalue weighted by Gasteiger charge is 2.58. The Kier molecular flexibility index (Phi) is 4.29. The summed E-state index contributed by atoms with van der Waals surface area (Å²) in [6.45, 7) is 0. The minimum atomic E-state index is -1.71. The van der Waals surface area contributed by atoms with Gasteiger partial charge in [0.25, 0.3) is 0 Å².